The molecule has 0 saturated carbocycles. The molecule has 1 aliphatic heterocycles. The number of nitrogens with one attached hydrogen (secondary N) is 2. The van der Waals surface area contributed by atoms with Gasteiger partial charge in [0.25, 0.3) is 5.91 Å². The highest BCUT2D eigenvalue weighted by atomic mass is 19.1. The van der Waals surface area contributed by atoms with E-state index in [1.54, 1.807) is 4.68 Å². The molecule has 1 aliphatic carbocycles. The highest BCUT2D eigenvalue weighted by molar-refractivity contribution is 6.08. The number of carbonyl (C=O) groups is 2. The number of aromatic nitrogens is 2. The van der Waals surface area contributed by atoms with Gasteiger partial charge in [-0.2, -0.15) is 5.10 Å². The van der Waals surface area contributed by atoms with Crippen molar-refractivity contribution in [2.75, 3.05) is 10.6 Å². The number of hydrogen-bond donors (Lipinski definition) is 2. The van der Waals surface area contributed by atoms with Gasteiger partial charge in [-0.1, -0.05) is 43.7 Å². The number of fused-ring (bicyclic) bond motifs is 1. The van der Waals surface area contributed by atoms with Crippen molar-refractivity contribution in [1.82, 2.24) is 9.78 Å². The van der Waals surface area contributed by atoms with Crippen molar-refractivity contribution in [3.63, 3.8) is 0 Å². The number of ketones is 1. The van der Waals surface area contributed by atoms with Crippen LogP contribution in [0.4, 0.5) is 15.9 Å². The quantitative estimate of drug-likeness (QED) is 0.579. The second-order valence-corrected chi connectivity index (χ2v) is 9.58. The van der Waals surface area contributed by atoms with Crippen molar-refractivity contribution in [3.8, 4) is 0 Å². The number of allylic oxidation sites excluding steroid dienone is 2. The molecule has 6 nitrogen and oxygen atoms in total. The van der Waals surface area contributed by atoms with E-state index in [4.69, 9.17) is 0 Å². The van der Waals surface area contributed by atoms with Gasteiger partial charge in [-0.3, -0.25) is 9.59 Å². The van der Waals surface area contributed by atoms with E-state index in [-0.39, 0.29) is 22.9 Å². The van der Waals surface area contributed by atoms with Crippen LogP contribution in [0.1, 0.15) is 54.2 Å². The van der Waals surface area contributed by atoms with Crippen LogP contribution in [0.15, 0.2) is 66.0 Å². The van der Waals surface area contributed by atoms with Gasteiger partial charge in [-0.05, 0) is 48.6 Å². The second-order valence-electron chi connectivity index (χ2n) is 9.58. The summed E-state index contributed by atoms with van der Waals surface area (Å²) in [6.45, 7) is 6.17. The monoisotopic (exact) mass is 444 g/mol. The molecule has 1 atom stereocenters. The third kappa shape index (κ3) is 3.84. The Labute approximate surface area is 191 Å². The van der Waals surface area contributed by atoms with E-state index < -0.39 is 6.04 Å². The summed E-state index contributed by atoms with van der Waals surface area (Å²) in [5, 5.41) is 10.7. The Hall–Kier alpha value is -3.74. The zero-order chi connectivity index (χ0) is 23.3. The summed E-state index contributed by atoms with van der Waals surface area (Å²) in [6, 6.07) is 13.2. The van der Waals surface area contributed by atoms with Gasteiger partial charge < -0.3 is 10.6 Å². The Bertz CT molecular complexity index is 1290. The Morgan fingerprint density at radius 3 is 2.52 bits per heavy atom. The van der Waals surface area contributed by atoms with Gasteiger partial charge in [0.2, 0.25) is 0 Å². The molecule has 33 heavy (non-hydrogen) atoms. The first-order chi connectivity index (χ1) is 15.7. The summed E-state index contributed by atoms with van der Waals surface area (Å²) < 4.78 is 15.0. The van der Waals surface area contributed by atoms with Gasteiger partial charge in [0, 0.05) is 23.4 Å². The van der Waals surface area contributed by atoms with Crippen LogP contribution in [-0.4, -0.2) is 21.5 Å². The summed E-state index contributed by atoms with van der Waals surface area (Å²) in [4.78, 5) is 26.4. The summed E-state index contributed by atoms with van der Waals surface area (Å²) >= 11 is 0. The lowest BCUT2D eigenvalue weighted by molar-refractivity contribution is -0.118. The molecule has 2 heterocycles. The lowest BCUT2D eigenvalue weighted by Crippen LogP contribution is -2.37. The van der Waals surface area contributed by atoms with Crippen LogP contribution < -0.4 is 10.6 Å². The zero-order valence-electron chi connectivity index (χ0n) is 18.8. The van der Waals surface area contributed by atoms with E-state index in [1.165, 1.54) is 30.5 Å². The summed E-state index contributed by atoms with van der Waals surface area (Å²) in [5.41, 5.74) is 4.28. The largest absolute Gasteiger partial charge is 0.343 e. The van der Waals surface area contributed by atoms with Crippen LogP contribution in [0, 0.1) is 18.2 Å². The first kappa shape index (κ1) is 21.1. The minimum Gasteiger partial charge on any atom is -0.343 e. The SMILES string of the molecule is Cc1ccc([C@H]2C3=C(CC(C)(C)CC3=O)Nc3c(C(=O)Nc4ccc(F)cc4)cnn32)cc1. The van der Waals surface area contributed by atoms with Crippen LogP contribution in [0.25, 0.3) is 0 Å². The minimum atomic E-state index is -0.409. The molecule has 1 aromatic heterocycles. The molecule has 1 amide bonds. The van der Waals surface area contributed by atoms with E-state index in [0.29, 0.717) is 35.5 Å². The second kappa shape index (κ2) is 7.69. The highest BCUT2D eigenvalue weighted by Crippen LogP contribution is 2.46. The number of nitrogens with zero attached hydrogens (tertiary/aromatic N) is 2. The highest BCUT2D eigenvalue weighted by Gasteiger charge is 2.42. The molecule has 2 aliphatic rings. The van der Waals surface area contributed by atoms with Crippen LogP contribution in [0.3, 0.4) is 0 Å². The van der Waals surface area contributed by atoms with E-state index in [2.05, 4.69) is 29.6 Å². The van der Waals surface area contributed by atoms with Crippen LogP contribution in [-0.2, 0) is 4.79 Å². The third-order valence-corrected chi connectivity index (χ3v) is 6.24. The third-order valence-electron chi connectivity index (χ3n) is 6.24. The lowest BCUT2D eigenvalue weighted by Gasteiger charge is -2.39. The van der Waals surface area contributed by atoms with E-state index >= 15 is 0 Å². The molecule has 2 aromatic carbocycles. The first-order valence-electron chi connectivity index (χ1n) is 11.0. The maximum atomic E-state index is 13.3. The van der Waals surface area contributed by atoms with E-state index in [1.807, 2.05) is 31.2 Å². The summed E-state index contributed by atoms with van der Waals surface area (Å²) in [6.07, 6.45) is 2.67. The van der Waals surface area contributed by atoms with Crippen LogP contribution in [0.5, 0.6) is 0 Å². The number of benzene rings is 2. The van der Waals surface area contributed by atoms with Crippen molar-refractivity contribution in [1.29, 1.82) is 0 Å². The molecular weight excluding hydrogens is 419 g/mol. The smallest absolute Gasteiger partial charge is 0.261 e. The van der Waals surface area contributed by atoms with E-state index in [0.717, 1.165) is 16.8 Å². The van der Waals surface area contributed by atoms with Crippen LogP contribution >= 0.6 is 0 Å². The predicted molar refractivity (Wildman–Crippen MR) is 125 cm³/mol. The van der Waals surface area contributed by atoms with Gasteiger partial charge in [0.1, 0.15) is 23.2 Å². The molecule has 0 bridgehead atoms. The number of amides is 1. The normalized spacial score (nSPS) is 18.9. The van der Waals surface area contributed by atoms with Gasteiger partial charge in [0.05, 0.1) is 6.20 Å². The molecule has 168 valence electrons. The first-order valence-corrected chi connectivity index (χ1v) is 11.0. The lowest BCUT2D eigenvalue weighted by atomic mass is 9.73. The molecule has 7 heteroatoms. The standard InChI is InChI=1S/C26H25FN4O2/c1-15-4-6-16(7-5-15)23-22-20(12-26(2,3)13-21(22)32)30-24-19(14-28-31(23)24)25(33)29-18-10-8-17(27)9-11-18/h4-11,14,23,30H,12-13H2,1-3H3,(H,29,33)/t23-/m0/s1. The van der Waals surface area contributed by atoms with Crippen LogP contribution in [0.2, 0.25) is 0 Å². The molecule has 3 aromatic rings. The molecule has 2 N–H and O–H groups in total. The number of rotatable bonds is 3. The Morgan fingerprint density at radius 2 is 1.82 bits per heavy atom. The van der Waals surface area contributed by atoms with Crippen molar-refractivity contribution in [3.05, 3.63) is 88.5 Å². The molecule has 0 spiro atoms. The van der Waals surface area contributed by atoms with Gasteiger partial charge in [-0.15, -0.1) is 0 Å². The molecular formula is C26H25FN4O2. The predicted octanol–water partition coefficient (Wildman–Crippen LogP) is 5.24. The van der Waals surface area contributed by atoms with Gasteiger partial charge in [-0.25, -0.2) is 9.07 Å². The molecule has 5 rings (SSSR count). The topological polar surface area (TPSA) is 76.0 Å². The van der Waals surface area contributed by atoms with E-state index in [9.17, 15) is 14.0 Å². The maximum absolute atomic E-state index is 13.3. The van der Waals surface area contributed by atoms with Crippen molar-refractivity contribution in [2.45, 2.75) is 39.7 Å². The Kier molecular flexibility index (Phi) is 4.92. The van der Waals surface area contributed by atoms with Crippen molar-refractivity contribution >= 4 is 23.2 Å². The molecule has 0 saturated heterocycles. The van der Waals surface area contributed by atoms with Crippen molar-refractivity contribution in [2.24, 2.45) is 5.41 Å². The maximum Gasteiger partial charge on any atom is 0.261 e. The Balaban J connectivity index is 1.58. The van der Waals surface area contributed by atoms with Crippen molar-refractivity contribution < 1.29 is 14.0 Å². The fraction of sp³-hybridized carbons (Fsp3) is 0.269. The van der Waals surface area contributed by atoms with Gasteiger partial charge >= 0.3 is 0 Å². The Morgan fingerprint density at radius 1 is 1.12 bits per heavy atom. The summed E-state index contributed by atoms with van der Waals surface area (Å²) in [7, 11) is 0. The minimum absolute atomic E-state index is 0.0952. The molecule has 0 fully saturated rings. The average Bonchev–Trinajstić information content (AvgIpc) is 3.17. The number of halogens is 1. The summed E-state index contributed by atoms with van der Waals surface area (Å²) in [5.74, 6) is -0.0896. The molecule has 0 unspecified atom stereocenters. The fourth-order valence-corrected chi connectivity index (χ4v) is 4.67. The average molecular weight is 445 g/mol. The van der Waals surface area contributed by atoms with Gasteiger partial charge in [0.15, 0.2) is 5.78 Å². The zero-order valence-corrected chi connectivity index (χ0v) is 18.8. The molecule has 0 radical (unpaired) electrons. The number of carbonyl (C=O) groups excluding carboxylic acids is 2. The number of Topliss-reactive ketones (excluding diaryl/α,β-unsaturated/α-hetero) is 1. The number of anilines is 2. The number of aryl methyl sites for hydroxylation is 1. The fourth-order valence-electron chi connectivity index (χ4n) is 4.67. The number of hydrogen-bond acceptors (Lipinski definition) is 4.